The van der Waals surface area contributed by atoms with Crippen molar-refractivity contribution in [3.05, 3.63) is 41.6 Å². The lowest BCUT2D eigenvalue weighted by atomic mass is 10.2. The number of nitrogens with zero attached hydrogens (tertiary/aromatic N) is 2. The van der Waals surface area contributed by atoms with E-state index in [0.717, 1.165) is 24.2 Å². The lowest BCUT2D eigenvalue weighted by Crippen LogP contribution is -2.23. The molecule has 122 valence electrons. The van der Waals surface area contributed by atoms with Gasteiger partial charge in [0.25, 0.3) is 5.91 Å². The van der Waals surface area contributed by atoms with E-state index in [1.165, 1.54) is 23.7 Å². The number of nitrogen functional groups attached to an aromatic ring is 1. The van der Waals surface area contributed by atoms with Gasteiger partial charge in [0, 0.05) is 13.6 Å². The van der Waals surface area contributed by atoms with Gasteiger partial charge in [0.05, 0.1) is 12.3 Å². The summed E-state index contributed by atoms with van der Waals surface area (Å²) >= 11 is 0. The number of hydrogen-bond donors (Lipinski definition) is 2. The summed E-state index contributed by atoms with van der Waals surface area (Å²) in [6.45, 7) is 0.426. The summed E-state index contributed by atoms with van der Waals surface area (Å²) in [5.74, 6) is 1.00. The largest absolute Gasteiger partial charge is 0.490 e. The summed E-state index contributed by atoms with van der Waals surface area (Å²) in [5, 5.41) is 6.84. The number of aryl methyl sites for hydroxylation is 1. The lowest BCUT2D eigenvalue weighted by molar-refractivity contribution is 0.0951. The van der Waals surface area contributed by atoms with Gasteiger partial charge in [-0.1, -0.05) is 12.1 Å². The summed E-state index contributed by atoms with van der Waals surface area (Å²) in [6, 6.07) is 7.85. The number of hydrogen-bond acceptors (Lipinski definition) is 4. The van der Waals surface area contributed by atoms with Crippen molar-refractivity contribution in [3.63, 3.8) is 0 Å². The van der Waals surface area contributed by atoms with Crippen LogP contribution < -0.4 is 15.8 Å². The molecule has 1 fully saturated rings. The average molecular weight is 314 g/mol. The third-order valence-electron chi connectivity index (χ3n) is 4.19. The molecule has 0 saturated heterocycles. The monoisotopic (exact) mass is 314 g/mol. The molecule has 1 aromatic carbocycles. The maximum atomic E-state index is 12.1. The molecule has 3 rings (SSSR count). The first kappa shape index (κ1) is 15.4. The topological polar surface area (TPSA) is 82.2 Å². The van der Waals surface area contributed by atoms with Gasteiger partial charge in [-0.15, -0.1) is 0 Å². The molecule has 6 heteroatoms. The standard InChI is InChI=1S/C17H22N4O2/c1-21-16(18)15(11-20-21)17(22)19-10-12-5-4-8-14(9-12)23-13-6-2-3-7-13/h4-5,8-9,11,13H,2-3,6-7,10,18H2,1H3,(H,19,22). The Bertz CT molecular complexity index is 690. The smallest absolute Gasteiger partial charge is 0.256 e. The zero-order valence-electron chi connectivity index (χ0n) is 13.3. The molecule has 1 saturated carbocycles. The Morgan fingerprint density at radius 1 is 1.43 bits per heavy atom. The van der Waals surface area contributed by atoms with Gasteiger partial charge in [-0.05, 0) is 43.4 Å². The average Bonchev–Trinajstić information content (AvgIpc) is 3.17. The van der Waals surface area contributed by atoms with Crippen LogP contribution in [0.5, 0.6) is 5.75 Å². The third kappa shape index (κ3) is 3.64. The number of nitrogens with one attached hydrogen (secondary N) is 1. The number of benzene rings is 1. The van der Waals surface area contributed by atoms with E-state index in [2.05, 4.69) is 10.4 Å². The Balaban J connectivity index is 1.59. The van der Waals surface area contributed by atoms with Gasteiger partial charge in [0.2, 0.25) is 0 Å². The van der Waals surface area contributed by atoms with Crippen molar-refractivity contribution < 1.29 is 9.53 Å². The summed E-state index contributed by atoms with van der Waals surface area (Å²) in [4.78, 5) is 12.1. The second-order valence-electron chi connectivity index (χ2n) is 5.92. The molecule has 0 unspecified atom stereocenters. The Hall–Kier alpha value is -2.50. The highest BCUT2D eigenvalue weighted by Crippen LogP contribution is 2.24. The molecule has 0 radical (unpaired) electrons. The van der Waals surface area contributed by atoms with Gasteiger partial charge < -0.3 is 15.8 Å². The molecule has 1 aromatic heterocycles. The van der Waals surface area contributed by atoms with Crippen molar-refractivity contribution in [2.45, 2.75) is 38.3 Å². The van der Waals surface area contributed by atoms with Crippen molar-refractivity contribution in [1.29, 1.82) is 0 Å². The Labute approximate surface area is 135 Å². The van der Waals surface area contributed by atoms with Gasteiger partial charge >= 0.3 is 0 Å². The highest BCUT2D eigenvalue weighted by atomic mass is 16.5. The van der Waals surface area contributed by atoms with Crippen LogP contribution in [0.1, 0.15) is 41.6 Å². The highest BCUT2D eigenvalue weighted by Gasteiger charge is 2.17. The van der Waals surface area contributed by atoms with Crippen LogP contribution >= 0.6 is 0 Å². The van der Waals surface area contributed by atoms with Crippen molar-refractivity contribution >= 4 is 11.7 Å². The van der Waals surface area contributed by atoms with Crippen LogP contribution in [0.2, 0.25) is 0 Å². The van der Waals surface area contributed by atoms with E-state index in [4.69, 9.17) is 10.5 Å². The van der Waals surface area contributed by atoms with Crippen molar-refractivity contribution in [3.8, 4) is 5.75 Å². The van der Waals surface area contributed by atoms with E-state index in [-0.39, 0.29) is 5.91 Å². The second kappa shape index (κ2) is 6.73. The van der Waals surface area contributed by atoms with Crippen molar-refractivity contribution in [2.75, 3.05) is 5.73 Å². The van der Waals surface area contributed by atoms with Crippen LogP contribution in [0.15, 0.2) is 30.5 Å². The number of amides is 1. The van der Waals surface area contributed by atoms with Crippen LogP contribution in [-0.2, 0) is 13.6 Å². The summed E-state index contributed by atoms with van der Waals surface area (Å²) in [6.07, 6.45) is 6.54. The molecule has 0 atom stereocenters. The van der Waals surface area contributed by atoms with E-state index < -0.39 is 0 Å². The zero-order valence-corrected chi connectivity index (χ0v) is 13.3. The first-order valence-corrected chi connectivity index (χ1v) is 7.95. The van der Waals surface area contributed by atoms with E-state index in [0.29, 0.717) is 24.0 Å². The molecule has 1 aliphatic carbocycles. The number of carbonyl (C=O) groups is 1. The molecule has 0 aliphatic heterocycles. The van der Waals surface area contributed by atoms with Crippen LogP contribution in [0.3, 0.4) is 0 Å². The molecular formula is C17H22N4O2. The minimum Gasteiger partial charge on any atom is -0.490 e. The highest BCUT2D eigenvalue weighted by molar-refractivity contribution is 5.98. The Morgan fingerprint density at radius 3 is 2.91 bits per heavy atom. The maximum Gasteiger partial charge on any atom is 0.256 e. The first-order chi connectivity index (χ1) is 11.1. The number of nitrogens with two attached hydrogens (primary N) is 1. The molecule has 0 bridgehead atoms. The van der Waals surface area contributed by atoms with Crippen molar-refractivity contribution in [2.24, 2.45) is 7.05 Å². The van der Waals surface area contributed by atoms with E-state index in [1.807, 2.05) is 24.3 Å². The second-order valence-corrected chi connectivity index (χ2v) is 5.92. The minimum absolute atomic E-state index is 0.224. The number of aromatic nitrogens is 2. The van der Waals surface area contributed by atoms with Crippen LogP contribution in [-0.4, -0.2) is 21.8 Å². The molecule has 1 aliphatic rings. The molecule has 0 spiro atoms. The quantitative estimate of drug-likeness (QED) is 0.887. The van der Waals surface area contributed by atoms with Gasteiger partial charge in [0.15, 0.2) is 0 Å². The number of ether oxygens (including phenoxy) is 1. The molecule has 2 aromatic rings. The summed E-state index contributed by atoms with van der Waals surface area (Å²) in [5.41, 5.74) is 7.20. The number of rotatable bonds is 5. The van der Waals surface area contributed by atoms with E-state index >= 15 is 0 Å². The molecule has 1 heterocycles. The molecule has 6 nitrogen and oxygen atoms in total. The summed E-state index contributed by atoms with van der Waals surface area (Å²) in [7, 11) is 1.70. The predicted molar refractivity (Wildman–Crippen MR) is 88.1 cm³/mol. The fourth-order valence-corrected chi connectivity index (χ4v) is 2.83. The van der Waals surface area contributed by atoms with Gasteiger partial charge in [-0.2, -0.15) is 5.10 Å². The third-order valence-corrected chi connectivity index (χ3v) is 4.19. The zero-order chi connectivity index (χ0) is 16.2. The minimum atomic E-state index is -0.224. The van der Waals surface area contributed by atoms with Crippen LogP contribution in [0.4, 0.5) is 5.82 Å². The van der Waals surface area contributed by atoms with E-state index in [1.54, 1.807) is 7.05 Å². The SMILES string of the molecule is Cn1ncc(C(=O)NCc2cccc(OC3CCCC3)c2)c1N. The fourth-order valence-electron chi connectivity index (χ4n) is 2.83. The molecular weight excluding hydrogens is 292 g/mol. The van der Waals surface area contributed by atoms with Crippen molar-refractivity contribution in [1.82, 2.24) is 15.1 Å². The fraction of sp³-hybridized carbons (Fsp3) is 0.412. The maximum absolute atomic E-state index is 12.1. The molecule has 23 heavy (non-hydrogen) atoms. The normalized spacial score (nSPS) is 14.8. The number of anilines is 1. The van der Waals surface area contributed by atoms with E-state index in [9.17, 15) is 4.79 Å². The predicted octanol–water partition coefficient (Wildman–Crippen LogP) is 2.25. The van der Waals surface area contributed by atoms with Gasteiger partial charge in [-0.25, -0.2) is 0 Å². The van der Waals surface area contributed by atoms with Crippen LogP contribution in [0.25, 0.3) is 0 Å². The first-order valence-electron chi connectivity index (χ1n) is 7.95. The Kier molecular flexibility index (Phi) is 4.50. The molecule has 3 N–H and O–H groups in total. The molecule has 1 amide bonds. The Morgan fingerprint density at radius 2 is 2.22 bits per heavy atom. The number of carbonyl (C=O) groups excluding carboxylic acids is 1. The van der Waals surface area contributed by atoms with Gasteiger partial charge in [0.1, 0.15) is 17.1 Å². The lowest BCUT2D eigenvalue weighted by Gasteiger charge is -2.14. The summed E-state index contributed by atoms with van der Waals surface area (Å²) < 4.78 is 7.46. The van der Waals surface area contributed by atoms with Crippen LogP contribution in [0, 0.1) is 0 Å². The van der Waals surface area contributed by atoms with Gasteiger partial charge in [-0.3, -0.25) is 9.48 Å².